The van der Waals surface area contributed by atoms with Crippen molar-refractivity contribution in [3.05, 3.63) is 210 Å². The number of aryl methyl sites for hydroxylation is 3. The van der Waals surface area contributed by atoms with Gasteiger partial charge in [0.2, 0.25) is 0 Å². The zero-order valence-corrected chi connectivity index (χ0v) is 39.8. The summed E-state index contributed by atoms with van der Waals surface area (Å²) in [7, 11) is 2.22. The van der Waals surface area contributed by atoms with E-state index >= 15 is 0 Å². The molecule has 332 valence electrons. The van der Waals surface area contributed by atoms with Crippen LogP contribution in [-0.2, 0) is 18.3 Å². The molecule has 67 heavy (non-hydrogen) atoms. The van der Waals surface area contributed by atoms with Gasteiger partial charge >= 0.3 is 0 Å². The Bertz CT molecular complexity index is 3180. The second-order valence-corrected chi connectivity index (χ2v) is 19.4. The second-order valence-electron chi connectivity index (χ2n) is 19.4. The van der Waals surface area contributed by atoms with Crippen LogP contribution in [0.5, 0.6) is 0 Å². The van der Waals surface area contributed by atoms with E-state index in [0.717, 1.165) is 5.69 Å². The van der Waals surface area contributed by atoms with Gasteiger partial charge in [0.05, 0.1) is 11.4 Å². The van der Waals surface area contributed by atoms with Crippen molar-refractivity contribution in [3.63, 3.8) is 0 Å². The summed E-state index contributed by atoms with van der Waals surface area (Å²) in [4.78, 5) is 4.97. The van der Waals surface area contributed by atoms with Crippen molar-refractivity contribution >= 4 is 50.0 Å². The lowest BCUT2D eigenvalue weighted by atomic mass is 9.70. The summed E-state index contributed by atoms with van der Waals surface area (Å²) in [6, 6.07) is 69.2. The lowest BCUT2D eigenvalue weighted by Gasteiger charge is -2.35. The van der Waals surface area contributed by atoms with Crippen LogP contribution in [0.2, 0.25) is 0 Å². The largest absolute Gasteiger partial charge is 0.344 e. The first-order valence-corrected chi connectivity index (χ1v) is 25.1. The summed E-state index contributed by atoms with van der Waals surface area (Å²) in [5.41, 5.74) is 21.2. The van der Waals surface area contributed by atoms with Gasteiger partial charge in [-0.15, -0.1) is 0 Å². The summed E-state index contributed by atoms with van der Waals surface area (Å²) in [5.74, 6) is 0. The Labute approximate surface area is 398 Å². The predicted octanol–water partition coefficient (Wildman–Crippen LogP) is 18.4. The number of rotatable bonds is 15. The molecule has 9 aromatic rings. The number of benzene rings is 9. The Balaban J connectivity index is 1.14. The van der Waals surface area contributed by atoms with E-state index in [-0.39, 0.29) is 5.41 Å². The standard InChI is InChI=1S/C65H62N2/c1-5-7-18-40-65(41-19-8-6-2)61-42-45(3)28-38-55(61)56-39-37-52(44-62(56)65)67(51-35-33-47(34-36-51)53-22-12-13-23-54(53)49-32-30-46-29-31-48(46)43-49)64-59-26-16-14-24-57(59)63(58-25-15-17-27-60(58)64)66(4)50-20-10-9-11-21-50/h9-17,20-28,30,32-39,42-44H,5-8,18-19,29,31,40-41H2,1-4H3. The van der Waals surface area contributed by atoms with Gasteiger partial charge in [-0.25, -0.2) is 0 Å². The van der Waals surface area contributed by atoms with Crippen LogP contribution in [-0.4, -0.2) is 7.05 Å². The van der Waals surface area contributed by atoms with Gasteiger partial charge in [0.25, 0.3) is 0 Å². The average molecular weight is 871 g/mol. The van der Waals surface area contributed by atoms with Crippen molar-refractivity contribution < 1.29 is 0 Å². The van der Waals surface area contributed by atoms with Crippen LogP contribution < -0.4 is 9.80 Å². The first-order valence-electron chi connectivity index (χ1n) is 25.1. The number of hydrogen-bond donors (Lipinski definition) is 0. The SMILES string of the molecule is CCCCCC1(CCCCC)c2cc(C)ccc2-c2ccc(N(c3ccc(-c4ccccc4-c4ccc5c(c4)CC5)cc3)c3c4ccccc4c(N(C)c4ccccc4)c4ccccc34)cc21. The molecule has 2 aliphatic rings. The summed E-state index contributed by atoms with van der Waals surface area (Å²) in [6.07, 6.45) is 12.1. The molecule has 2 aliphatic carbocycles. The third kappa shape index (κ3) is 7.52. The first-order chi connectivity index (χ1) is 33.0. The quantitative estimate of drug-likeness (QED) is 0.0575. The Morgan fingerprint density at radius 3 is 1.54 bits per heavy atom. The fourth-order valence-electron chi connectivity index (χ4n) is 11.8. The summed E-state index contributed by atoms with van der Waals surface area (Å²) in [6.45, 7) is 6.96. The zero-order chi connectivity index (χ0) is 45.5. The molecule has 0 bridgehead atoms. The van der Waals surface area contributed by atoms with Gasteiger partial charge < -0.3 is 9.80 Å². The molecule has 0 aliphatic heterocycles. The highest BCUT2D eigenvalue weighted by molar-refractivity contribution is 6.22. The second kappa shape index (κ2) is 18.1. The van der Waals surface area contributed by atoms with Crippen molar-refractivity contribution in [2.75, 3.05) is 16.8 Å². The summed E-state index contributed by atoms with van der Waals surface area (Å²) >= 11 is 0. The number of nitrogens with zero attached hydrogens (tertiary/aromatic N) is 2. The van der Waals surface area contributed by atoms with Crippen LogP contribution in [0, 0.1) is 6.92 Å². The third-order valence-electron chi connectivity index (χ3n) is 15.3. The van der Waals surface area contributed by atoms with Crippen molar-refractivity contribution in [1.82, 2.24) is 0 Å². The molecule has 0 fully saturated rings. The highest BCUT2D eigenvalue weighted by Gasteiger charge is 2.43. The van der Waals surface area contributed by atoms with Crippen LogP contribution in [0.1, 0.15) is 93.0 Å². The molecule has 0 saturated carbocycles. The van der Waals surface area contributed by atoms with E-state index in [9.17, 15) is 0 Å². The molecule has 0 heterocycles. The fourth-order valence-corrected chi connectivity index (χ4v) is 11.8. The minimum absolute atomic E-state index is 0.0405. The van der Waals surface area contributed by atoms with E-state index < -0.39 is 0 Å². The maximum Gasteiger partial charge on any atom is 0.0619 e. The van der Waals surface area contributed by atoms with Gasteiger partial charge in [0.15, 0.2) is 0 Å². The molecule has 2 heteroatoms. The number of hydrogen-bond acceptors (Lipinski definition) is 2. The molecule has 11 rings (SSSR count). The van der Waals surface area contributed by atoms with Crippen LogP contribution in [0.3, 0.4) is 0 Å². The maximum atomic E-state index is 2.62. The van der Waals surface area contributed by atoms with Crippen LogP contribution in [0.4, 0.5) is 28.4 Å². The predicted molar refractivity (Wildman–Crippen MR) is 288 cm³/mol. The van der Waals surface area contributed by atoms with Crippen molar-refractivity contribution in [2.24, 2.45) is 0 Å². The monoisotopic (exact) mass is 870 g/mol. The molecule has 0 aromatic heterocycles. The van der Waals surface area contributed by atoms with Crippen molar-refractivity contribution in [1.29, 1.82) is 0 Å². The molecular formula is C65H62N2. The van der Waals surface area contributed by atoms with E-state index in [0.29, 0.717) is 0 Å². The topological polar surface area (TPSA) is 6.48 Å². The van der Waals surface area contributed by atoms with Gasteiger partial charge in [-0.05, 0) is 125 Å². The molecular weight excluding hydrogens is 809 g/mol. The minimum Gasteiger partial charge on any atom is -0.344 e. The summed E-state index contributed by atoms with van der Waals surface area (Å²) < 4.78 is 0. The Morgan fingerprint density at radius 2 is 0.940 bits per heavy atom. The van der Waals surface area contributed by atoms with Gasteiger partial charge in [0, 0.05) is 51.1 Å². The number of para-hydroxylation sites is 1. The highest BCUT2D eigenvalue weighted by atomic mass is 15.2. The van der Waals surface area contributed by atoms with Crippen LogP contribution in [0.15, 0.2) is 182 Å². The van der Waals surface area contributed by atoms with Crippen molar-refractivity contribution in [3.8, 4) is 33.4 Å². The molecule has 0 saturated heterocycles. The number of anilines is 5. The average Bonchev–Trinajstić information content (AvgIpc) is 3.62. The molecule has 2 nitrogen and oxygen atoms in total. The van der Waals surface area contributed by atoms with E-state index in [4.69, 9.17) is 0 Å². The Kier molecular flexibility index (Phi) is 11.5. The van der Waals surface area contributed by atoms with Gasteiger partial charge in [-0.2, -0.15) is 0 Å². The molecule has 0 atom stereocenters. The first kappa shape index (κ1) is 42.7. The fraction of sp³-hybridized carbons (Fsp3) is 0.231. The van der Waals surface area contributed by atoms with Gasteiger partial charge in [-0.1, -0.05) is 204 Å². The molecule has 0 amide bonds. The summed E-state index contributed by atoms with van der Waals surface area (Å²) in [5, 5.41) is 4.92. The van der Waals surface area contributed by atoms with Crippen LogP contribution in [0.25, 0.3) is 54.9 Å². The Hall–Kier alpha value is -6.90. The molecule has 0 unspecified atom stereocenters. The smallest absolute Gasteiger partial charge is 0.0619 e. The number of unbranched alkanes of at least 4 members (excludes halogenated alkanes) is 4. The van der Waals surface area contributed by atoms with E-state index in [1.165, 1.54) is 164 Å². The van der Waals surface area contributed by atoms with E-state index in [2.05, 4.69) is 220 Å². The third-order valence-corrected chi connectivity index (χ3v) is 15.3. The maximum absolute atomic E-state index is 2.62. The van der Waals surface area contributed by atoms with Gasteiger partial charge in [0.1, 0.15) is 0 Å². The van der Waals surface area contributed by atoms with Gasteiger partial charge in [-0.3, -0.25) is 0 Å². The van der Waals surface area contributed by atoms with E-state index in [1.54, 1.807) is 5.56 Å². The highest BCUT2D eigenvalue weighted by Crippen LogP contribution is 2.57. The lowest BCUT2D eigenvalue weighted by Crippen LogP contribution is -2.26. The molecule has 0 N–H and O–H groups in total. The number of fused-ring (bicyclic) bond motifs is 6. The molecule has 9 aromatic carbocycles. The minimum atomic E-state index is -0.0405. The van der Waals surface area contributed by atoms with Crippen LogP contribution >= 0.6 is 0 Å². The van der Waals surface area contributed by atoms with Crippen molar-refractivity contribution in [2.45, 2.75) is 90.4 Å². The molecule has 0 spiro atoms. The Morgan fingerprint density at radius 1 is 0.418 bits per heavy atom. The van der Waals surface area contributed by atoms with E-state index in [1.807, 2.05) is 0 Å². The molecule has 0 radical (unpaired) electrons. The normalized spacial score (nSPS) is 13.3. The zero-order valence-electron chi connectivity index (χ0n) is 39.8. The lowest BCUT2D eigenvalue weighted by molar-refractivity contribution is 0.405.